The maximum absolute atomic E-state index is 5.89. The Labute approximate surface area is 146 Å². The summed E-state index contributed by atoms with van der Waals surface area (Å²) in [6.45, 7) is 0. The van der Waals surface area contributed by atoms with Crippen LogP contribution in [0.25, 0.3) is 22.7 Å². The molecule has 118 valence electrons. The average molecular weight is 352 g/mol. The summed E-state index contributed by atoms with van der Waals surface area (Å²) < 4.78 is 6.68. The Balaban J connectivity index is 1.64. The smallest absolute Gasteiger partial charge is 0.282 e. The first-order chi connectivity index (χ1) is 11.8. The van der Waals surface area contributed by atoms with Crippen molar-refractivity contribution >= 4 is 28.2 Å². The summed E-state index contributed by atoms with van der Waals surface area (Å²) >= 11 is 2.79. The van der Waals surface area contributed by atoms with Gasteiger partial charge in [-0.15, -0.1) is 10.2 Å². The molecule has 0 saturated heterocycles. The fourth-order valence-corrected chi connectivity index (χ4v) is 4.04. The van der Waals surface area contributed by atoms with Crippen molar-refractivity contribution in [3.05, 3.63) is 60.7 Å². The monoisotopic (exact) mass is 352 g/mol. The van der Waals surface area contributed by atoms with E-state index in [-0.39, 0.29) is 0 Å². The molecule has 0 amide bonds. The molecule has 5 nitrogen and oxygen atoms in total. The van der Waals surface area contributed by atoms with Crippen LogP contribution in [0.2, 0.25) is 0 Å². The molecule has 0 radical (unpaired) electrons. The summed E-state index contributed by atoms with van der Waals surface area (Å²) in [5, 5.41) is 9.20. The first kappa shape index (κ1) is 14.9. The normalized spacial score (nSPS) is 10.8. The molecule has 0 fully saturated rings. The van der Waals surface area contributed by atoms with Crippen LogP contribution < -0.4 is 5.73 Å². The Morgan fingerprint density at radius 2 is 1.54 bits per heavy atom. The van der Waals surface area contributed by atoms with Gasteiger partial charge >= 0.3 is 0 Å². The van der Waals surface area contributed by atoms with Crippen LogP contribution in [0.15, 0.2) is 74.5 Å². The predicted octanol–water partition coefficient (Wildman–Crippen LogP) is 4.59. The Bertz CT molecular complexity index is 951. The topological polar surface area (TPSA) is 77.8 Å². The molecule has 2 heterocycles. The average Bonchev–Trinajstić information content (AvgIpc) is 3.23. The highest BCUT2D eigenvalue weighted by Gasteiger charge is 2.17. The van der Waals surface area contributed by atoms with Gasteiger partial charge in [0.2, 0.25) is 5.89 Å². The van der Waals surface area contributed by atoms with Crippen LogP contribution in [0, 0.1) is 0 Å². The number of nitrogens with two attached hydrogens (primary N) is 1. The van der Waals surface area contributed by atoms with Crippen LogP contribution in [-0.2, 0) is 0 Å². The summed E-state index contributed by atoms with van der Waals surface area (Å²) in [6, 6.07) is 19.6. The second kappa shape index (κ2) is 6.46. The highest BCUT2D eigenvalue weighted by Crippen LogP contribution is 2.40. The van der Waals surface area contributed by atoms with E-state index < -0.39 is 0 Å². The number of nitrogens with zero attached hydrogens (tertiary/aromatic N) is 3. The number of rotatable bonds is 4. The van der Waals surface area contributed by atoms with E-state index >= 15 is 0 Å². The van der Waals surface area contributed by atoms with Crippen molar-refractivity contribution in [2.24, 2.45) is 0 Å². The highest BCUT2D eigenvalue weighted by atomic mass is 32.2. The van der Waals surface area contributed by atoms with E-state index in [2.05, 4.69) is 15.2 Å². The number of benzene rings is 2. The molecular formula is C17H12N4OS2. The first-order valence-corrected chi connectivity index (χ1v) is 8.81. The van der Waals surface area contributed by atoms with Gasteiger partial charge in [0.05, 0.1) is 9.90 Å². The minimum Gasteiger partial charge on any atom is -0.411 e. The lowest BCUT2D eigenvalue weighted by Gasteiger charge is -1.99. The third-order valence-corrected chi connectivity index (χ3v) is 5.16. The molecule has 4 aromatic rings. The number of thiazole rings is 1. The van der Waals surface area contributed by atoms with E-state index in [1.54, 1.807) is 0 Å². The van der Waals surface area contributed by atoms with Crippen molar-refractivity contribution in [2.75, 3.05) is 5.73 Å². The van der Waals surface area contributed by atoms with Gasteiger partial charge in [-0.05, 0) is 23.9 Å². The minimum absolute atomic E-state index is 0.467. The maximum Gasteiger partial charge on any atom is 0.282 e. The van der Waals surface area contributed by atoms with E-state index in [1.165, 1.54) is 23.1 Å². The molecule has 24 heavy (non-hydrogen) atoms. The van der Waals surface area contributed by atoms with Crippen LogP contribution in [0.1, 0.15) is 0 Å². The van der Waals surface area contributed by atoms with Gasteiger partial charge in [0.15, 0.2) is 5.13 Å². The van der Waals surface area contributed by atoms with Gasteiger partial charge in [0.1, 0.15) is 0 Å². The van der Waals surface area contributed by atoms with Crippen LogP contribution in [0.4, 0.5) is 5.13 Å². The number of hydrogen-bond acceptors (Lipinski definition) is 7. The van der Waals surface area contributed by atoms with E-state index in [9.17, 15) is 0 Å². The van der Waals surface area contributed by atoms with Gasteiger partial charge in [0, 0.05) is 11.1 Å². The number of aromatic nitrogens is 3. The summed E-state index contributed by atoms with van der Waals surface area (Å²) in [5.41, 5.74) is 8.63. The minimum atomic E-state index is 0.467. The zero-order valence-corrected chi connectivity index (χ0v) is 14.1. The summed E-state index contributed by atoms with van der Waals surface area (Å²) in [5.74, 6) is 0.497. The van der Waals surface area contributed by atoms with Gasteiger partial charge in [-0.25, -0.2) is 4.98 Å². The molecule has 0 bridgehead atoms. The summed E-state index contributed by atoms with van der Waals surface area (Å²) in [4.78, 5) is 4.43. The highest BCUT2D eigenvalue weighted by molar-refractivity contribution is 8.01. The molecule has 0 unspecified atom stereocenters. The van der Waals surface area contributed by atoms with Gasteiger partial charge in [-0.2, -0.15) is 0 Å². The molecule has 0 saturated carbocycles. The lowest BCUT2D eigenvalue weighted by Crippen LogP contribution is -1.83. The van der Waals surface area contributed by atoms with Crippen LogP contribution in [0.5, 0.6) is 0 Å². The Hall–Kier alpha value is -2.64. The third-order valence-electron chi connectivity index (χ3n) is 3.27. The van der Waals surface area contributed by atoms with Crippen molar-refractivity contribution in [2.45, 2.75) is 9.43 Å². The van der Waals surface area contributed by atoms with Crippen molar-refractivity contribution in [1.29, 1.82) is 0 Å². The molecule has 0 aliphatic heterocycles. The largest absolute Gasteiger partial charge is 0.411 e. The Morgan fingerprint density at radius 1 is 0.875 bits per heavy atom. The fourth-order valence-electron chi connectivity index (χ4n) is 2.20. The number of hydrogen-bond donors (Lipinski definition) is 1. The second-order valence-corrected chi connectivity index (χ2v) is 7.15. The van der Waals surface area contributed by atoms with Crippen molar-refractivity contribution in [3.63, 3.8) is 0 Å². The van der Waals surface area contributed by atoms with Crippen LogP contribution in [0.3, 0.4) is 0 Å². The summed E-state index contributed by atoms with van der Waals surface area (Å²) in [6.07, 6.45) is 0. The van der Waals surface area contributed by atoms with E-state index in [0.29, 0.717) is 16.2 Å². The number of nitrogen functional groups attached to an aromatic ring is 1. The molecule has 2 aromatic carbocycles. The molecule has 4 rings (SSSR count). The van der Waals surface area contributed by atoms with Crippen LogP contribution >= 0.6 is 23.1 Å². The molecular weight excluding hydrogens is 340 g/mol. The predicted molar refractivity (Wildman–Crippen MR) is 95.8 cm³/mol. The quantitative estimate of drug-likeness (QED) is 0.578. The van der Waals surface area contributed by atoms with Gasteiger partial charge < -0.3 is 10.2 Å². The molecule has 0 atom stereocenters. The van der Waals surface area contributed by atoms with E-state index in [0.717, 1.165) is 21.0 Å². The Morgan fingerprint density at radius 3 is 2.25 bits per heavy atom. The van der Waals surface area contributed by atoms with Crippen molar-refractivity contribution in [3.8, 4) is 22.7 Å². The van der Waals surface area contributed by atoms with E-state index in [4.69, 9.17) is 10.2 Å². The second-order valence-electron chi connectivity index (χ2n) is 4.90. The van der Waals surface area contributed by atoms with E-state index in [1.807, 2.05) is 60.7 Å². The lowest BCUT2D eigenvalue weighted by atomic mass is 10.2. The van der Waals surface area contributed by atoms with Gasteiger partial charge in [0.25, 0.3) is 5.22 Å². The summed E-state index contributed by atoms with van der Waals surface area (Å²) in [7, 11) is 0. The molecule has 7 heteroatoms. The zero-order valence-electron chi connectivity index (χ0n) is 12.4. The molecule has 2 aromatic heterocycles. The molecule has 0 aliphatic rings. The van der Waals surface area contributed by atoms with Crippen molar-refractivity contribution < 1.29 is 4.42 Å². The van der Waals surface area contributed by atoms with Gasteiger partial charge in [-0.3, -0.25) is 0 Å². The molecule has 2 N–H and O–H groups in total. The fraction of sp³-hybridized carbons (Fsp3) is 0. The number of anilines is 1. The standard InChI is InChI=1S/C17H12N4OS2/c18-16-19-13(11-7-3-1-4-8-11)15(23-16)24-17-21-20-14(22-17)12-9-5-2-6-10-12/h1-10H,(H2,18,19). The third kappa shape index (κ3) is 3.04. The lowest BCUT2D eigenvalue weighted by molar-refractivity contribution is 0.466. The first-order valence-electron chi connectivity index (χ1n) is 7.18. The Kier molecular flexibility index (Phi) is 4.02. The zero-order chi connectivity index (χ0) is 16.4. The SMILES string of the molecule is Nc1nc(-c2ccccc2)c(Sc2nnc(-c3ccccc3)o2)s1. The van der Waals surface area contributed by atoms with Crippen molar-refractivity contribution in [1.82, 2.24) is 15.2 Å². The molecule has 0 spiro atoms. The van der Waals surface area contributed by atoms with Gasteiger partial charge in [-0.1, -0.05) is 59.9 Å². The molecule has 0 aliphatic carbocycles. The maximum atomic E-state index is 5.89. The van der Waals surface area contributed by atoms with Crippen LogP contribution in [-0.4, -0.2) is 15.2 Å².